The molecule has 1 spiro atoms. The zero-order chi connectivity index (χ0) is 23.3. The van der Waals surface area contributed by atoms with Crippen LogP contribution in [0.4, 0.5) is 5.82 Å². The van der Waals surface area contributed by atoms with Crippen LogP contribution in [0.2, 0.25) is 5.02 Å². The number of carbonyl (C=O) groups excluding carboxylic acids is 1. The van der Waals surface area contributed by atoms with Crippen molar-refractivity contribution in [3.63, 3.8) is 0 Å². The SMILES string of the molecule is C[C@@]1(N2CCC(c3cc4cc(NC(=O)[C@@H]5CC56CCOCC6)ncc4cc3Cl)CC2)CCOC1. The molecule has 6 rings (SSSR count). The largest absolute Gasteiger partial charge is 0.381 e. The van der Waals surface area contributed by atoms with Gasteiger partial charge in [0.15, 0.2) is 0 Å². The molecule has 2 atom stereocenters. The normalized spacial score (nSPS) is 29.5. The number of ether oxygens (including phenoxy) is 2. The molecule has 3 saturated heterocycles. The second-order valence-corrected chi connectivity index (χ2v) is 11.5. The molecule has 1 N–H and O–H groups in total. The molecule has 3 aliphatic heterocycles. The maximum Gasteiger partial charge on any atom is 0.229 e. The number of fused-ring (bicyclic) bond motifs is 1. The minimum absolute atomic E-state index is 0.0898. The summed E-state index contributed by atoms with van der Waals surface area (Å²) < 4.78 is 11.2. The topological polar surface area (TPSA) is 63.7 Å². The quantitative estimate of drug-likeness (QED) is 0.662. The number of hydrogen-bond donors (Lipinski definition) is 1. The van der Waals surface area contributed by atoms with Crippen molar-refractivity contribution in [3.8, 4) is 0 Å². The lowest BCUT2D eigenvalue weighted by atomic mass is 9.86. The fourth-order valence-electron chi connectivity index (χ4n) is 6.46. The summed E-state index contributed by atoms with van der Waals surface area (Å²) in [5.74, 6) is 1.26. The van der Waals surface area contributed by atoms with Gasteiger partial charge >= 0.3 is 0 Å². The Morgan fingerprint density at radius 2 is 1.85 bits per heavy atom. The molecule has 4 heterocycles. The molecular formula is C27H34ClN3O3. The van der Waals surface area contributed by atoms with Crippen molar-refractivity contribution in [2.24, 2.45) is 11.3 Å². The third kappa shape index (κ3) is 4.13. The van der Waals surface area contributed by atoms with Crippen molar-refractivity contribution in [2.75, 3.05) is 44.8 Å². The number of amides is 1. The number of nitrogens with zero attached hydrogens (tertiary/aromatic N) is 2. The summed E-state index contributed by atoms with van der Waals surface area (Å²) in [6, 6.07) is 6.24. The lowest BCUT2D eigenvalue weighted by Crippen LogP contribution is -2.50. The van der Waals surface area contributed by atoms with Crippen molar-refractivity contribution in [3.05, 3.63) is 35.0 Å². The van der Waals surface area contributed by atoms with E-state index >= 15 is 0 Å². The van der Waals surface area contributed by atoms with Crippen LogP contribution in [0.1, 0.15) is 56.9 Å². The van der Waals surface area contributed by atoms with Gasteiger partial charge in [-0.05, 0) is 99.0 Å². The van der Waals surface area contributed by atoms with E-state index < -0.39 is 0 Å². The first-order chi connectivity index (χ1) is 16.5. The Hall–Kier alpha value is -1.73. The van der Waals surface area contributed by atoms with Gasteiger partial charge in [-0.1, -0.05) is 11.6 Å². The third-order valence-electron chi connectivity index (χ3n) is 8.98. The summed E-state index contributed by atoms with van der Waals surface area (Å²) in [5, 5.41) is 5.99. The van der Waals surface area contributed by atoms with E-state index in [2.05, 4.69) is 28.2 Å². The Morgan fingerprint density at radius 1 is 1.09 bits per heavy atom. The number of nitrogens with one attached hydrogen (secondary N) is 1. The highest BCUT2D eigenvalue weighted by atomic mass is 35.5. The first-order valence-corrected chi connectivity index (χ1v) is 13.1. The number of anilines is 1. The Labute approximate surface area is 206 Å². The molecule has 7 heteroatoms. The molecule has 4 fully saturated rings. The molecule has 0 unspecified atom stereocenters. The van der Waals surface area contributed by atoms with Gasteiger partial charge in [-0.3, -0.25) is 9.69 Å². The summed E-state index contributed by atoms with van der Waals surface area (Å²) in [5.41, 5.74) is 1.56. The Balaban J connectivity index is 1.16. The zero-order valence-electron chi connectivity index (χ0n) is 19.9. The van der Waals surface area contributed by atoms with Crippen LogP contribution in [0, 0.1) is 11.3 Å². The van der Waals surface area contributed by atoms with E-state index in [1.807, 2.05) is 18.3 Å². The van der Waals surface area contributed by atoms with Gasteiger partial charge in [0.05, 0.1) is 6.61 Å². The Bertz CT molecular complexity index is 1090. The van der Waals surface area contributed by atoms with E-state index in [0.717, 1.165) is 93.8 Å². The van der Waals surface area contributed by atoms with Crippen molar-refractivity contribution in [2.45, 2.75) is 56.9 Å². The first kappa shape index (κ1) is 22.7. The van der Waals surface area contributed by atoms with Gasteiger partial charge in [0.25, 0.3) is 0 Å². The minimum Gasteiger partial charge on any atom is -0.381 e. The Morgan fingerprint density at radius 3 is 2.59 bits per heavy atom. The molecule has 0 radical (unpaired) electrons. The number of aromatic nitrogens is 1. The molecule has 1 amide bonds. The number of pyridine rings is 1. The van der Waals surface area contributed by atoms with E-state index in [4.69, 9.17) is 21.1 Å². The molecule has 1 saturated carbocycles. The Kier molecular flexibility index (Phi) is 5.84. The van der Waals surface area contributed by atoms with Crippen molar-refractivity contribution in [1.29, 1.82) is 0 Å². The molecule has 1 aromatic carbocycles. The number of rotatable bonds is 4. The summed E-state index contributed by atoms with van der Waals surface area (Å²) >= 11 is 6.74. The number of likely N-dealkylation sites (tertiary alicyclic amines) is 1. The second-order valence-electron chi connectivity index (χ2n) is 11.1. The van der Waals surface area contributed by atoms with Gasteiger partial charge in [0, 0.05) is 47.9 Å². The third-order valence-corrected chi connectivity index (χ3v) is 9.31. The van der Waals surface area contributed by atoms with Crippen LogP contribution in [-0.2, 0) is 14.3 Å². The van der Waals surface area contributed by atoms with E-state index in [-0.39, 0.29) is 22.8 Å². The van der Waals surface area contributed by atoms with E-state index in [1.54, 1.807) is 0 Å². The molecule has 1 aromatic heterocycles. The average molecular weight is 484 g/mol. The van der Waals surface area contributed by atoms with Gasteiger partial charge in [-0.2, -0.15) is 0 Å². The van der Waals surface area contributed by atoms with Gasteiger partial charge in [0.1, 0.15) is 5.82 Å². The molecule has 0 bridgehead atoms. The van der Waals surface area contributed by atoms with Crippen molar-refractivity contribution < 1.29 is 14.3 Å². The molecule has 34 heavy (non-hydrogen) atoms. The van der Waals surface area contributed by atoms with Crippen LogP contribution in [0.3, 0.4) is 0 Å². The summed E-state index contributed by atoms with van der Waals surface area (Å²) in [6.07, 6.45) is 8.09. The van der Waals surface area contributed by atoms with Gasteiger partial charge in [-0.25, -0.2) is 4.98 Å². The fourth-order valence-corrected chi connectivity index (χ4v) is 6.79. The second kappa shape index (κ2) is 8.74. The smallest absolute Gasteiger partial charge is 0.229 e. The standard InChI is InChI=1S/C27H34ClN3O3/c1-26(4-9-34-17-26)31-7-2-18(3-8-31)21-12-19-14-24(29-16-20(19)13-23(21)28)30-25(32)22-15-27(22)5-10-33-11-6-27/h12-14,16,18,22H,2-11,15,17H2,1H3,(H,29,30,32)/t22-,26+/m0/s1. The summed E-state index contributed by atoms with van der Waals surface area (Å²) in [6.45, 7) is 7.73. The van der Waals surface area contributed by atoms with Crippen molar-refractivity contribution >= 4 is 34.1 Å². The molecule has 182 valence electrons. The van der Waals surface area contributed by atoms with Crippen LogP contribution in [0.5, 0.6) is 0 Å². The van der Waals surface area contributed by atoms with E-state index in [1.165, 1.54) is 5.56 Å². The first-order valence-electron chi connectivity index (χ1n) is 12.8. The predicted octanol–water partition coefficient (Wildman–Crippen LogP) is 5.00. The molecule has 1 aliphatic carbocycles. The lowest BCUT2D eigenvalue weighted by Gasteiger charge is -2.42. The van der Waals surface area contributed by atoms with Crippen LogP contribution >= 0.6 is 11.6 Å². The predicted molar refractivity (Wildman–Crippen MR) is 133 cm³/mol. The number of benzene rings is 1. The van der Waals surface area contributed by atoms with Gasteiger partial charge in [0.2, 0.25) is 5.91 Å². The highest BCUT2D eigenvalue weighted by Crippen LogP contribution is 2.59. The van der Waals surface area contributed by atoms with Gasteiger partial charge < -0.3 is 14.8 Å². The molecule has 2 aromatic rings. The summed E-state index contributed by atoms with van der Waals surface area (Å²) in [4.78, 5) is 20.0. The summed E-state index contributed by atoms with van der Waals surface area (Å²) in [7, 11) is 0. The van der Waals surface area contributed by atoms with Crippen LogP contribution in [0.15, 0.2) is 24.4 Å². The van der Waals surface area contributed by atoms with Gasteiger partial charge in [-0.15, -0.1) is 0 Å². The number of hydrogen-bond acceptors (Lipinski definition) is 5. The molecule has 6 nitrogen and oxygen atoms in total. The van der Waals surface area contributed by atoms with Crippen LogP contribution < -0.4 is 5.32 Å². The van der Waals surface area contributed by atoms with Crippen LogP contribution in [-0.4, -0.2) is 60.8 Å². The maximum absolute atomic E-state index is 12.9. The maximum atomic E-state index is 12.9. The average Bonchev–Trinajstić information content (AvgIpc) is 3.34. The highest BCUT2D eigenvalue weighted by Gasteiger charge is 2.58. The minimum atomic E-state index is 0.0898. The fraction of sp³-hybridized carbons (Fsp3) is 0.630. The van der Waals surface area contributed by atoms with Crippen LogP contribution in [0.25, 0.3) is 10.8 Å². The lowest BCUT2D eigenvalue weighted by molar-refractivity contribution is -0.118. The number of piperidine rings is 1. The number of carbonyl (C=O) groups is 1. The monoisotopic (exact) mass is 483 g/mol. The molecule has 4 aliphatic rings. The molecular weight excluding hydrogens is 450 g/mol. The van der Waals surface area contributed by atoms with E-state index in [9.17, 15) is 4.79 Å². The van der Waals surface area contributed by atoms with E-state index in [0.29, 0.717) is 11.7 Å². The highest BCUT2D eigenvalue weighted by molar-refractivity contribution is 6.32. The van der Waals surface area contributed by atoms with Crippen molar-refractivity contribution in [1.82, 2.24) is 9.88 Å². The zero-order valence-corrected chi connectivity index (χ0v) is 20.7. The number of halogens is 1.